The van der Waals surface area contributed by atoms with Crippen LogP contribution >= 0.6 is 0 Å². The zero-order chi connectivity index (χ0) is 19.8. The first-order valence-corrected chi connectivity index (χ1v) is 9.17. The van der Waals surface area contributed by atoms with Crippen molar-refractivity contribution in [1.29, 1.82) is 0 Å². The number of hydrogen-bond donors (Lipinski definition) is 2. The van der Waals surface area contributed by atoms with E-state index >= 15 is 0 Å². The molecular weight excluding hydrogens is 340 g/mol. The van der Waals surface area contributed by atoms with Gasteiger partial charge in [-0.05, 0) is 49.1 Å². The van der Waals surface area contributed by atoms with Crippen molar-refractivity contribution in [2.75, 3.05) is 7.11 Å². The Labute approximate surface area is 161 Å². The molecule has 1 atom stereocenters. The molecule has 2 amide bonds. The maximum Gasteiger partial charge on any atom is 0.251 e. The SMILES string of the molecule is COc1ccc(C(=O)N[C@@H](CC(C)C)C(=O)NCc2ccc(C)cc2)cc1. The molecule has 2 aromatic carbocycles. The highest BCUT2D eigenvalue weighted by Gasteiger charge is 2.22. The molecule has 5 nitrogen and oxygen atoms in total. The van der Waals surface area contributed by atoms with E-state index in [4.69, 9.17) is 4.74 Å². The average Bonchev–Trinajstić information content (AvgIpc) is 2.66. The Morgan fingerprint density at radius 3 is 2.19 bits per heavy atom. The number of methoxy groups -OCH3 is 1. The van der Waals surface area contributed by atoms with Gasteiger partial charge in [-0.25, -0.2) is 0 Å². The van der Waals surface area contributed by atoms with E-state index in [1.54, 1.807) is 31.4 Å². The van der Waals surface area contributed by atoms with Crippen LogP contribution in [0.3, 0.4) is 0 Å². The van der Waals surface area contributed by atoms with Gasteiger partial charge in [0, 0.05) is 12.1 Å². The molecule has 0 saturated heterocycles. The fraction of sp³-hybridized carbons (Fsp3) is 0.364. The maximum absolute atomic E-state index is 12.6. The van der Waals surface area contributed by atoms with Crippen LogP contribution in [-0.2, 0) is 11.3 Å². The van der Waals surface area contributed by atoms with Gasteiger partial charge in [-0.2, -0.15) is 0 Å². The lowest BCUT2D eigenvalue weighted by molar-refractivity contribution is -0.123. The third-order valence-corrected chi connectivity index (χ3v) is 4.27. The second-order valence-electron chi connectivity index (χ2n) is 7.09. The largest absolute Gasteiger partial charge is 0.497 e. The first-order valence-electron chi connectivity index (χ1n) is 9.17. The van der Waals surface area contributed by atoms with Crippen LogP contribution < -0.4 is 15.4 Å². The summed E-state index contributed by atoms with van der Waals surface area (Å²) in [5.74, 6) is 0.511. The number of rotatable bonds is 8. The molecule has 0 aliphatic rings. The number of hydrogen-bond acceptors (Lipinski definition) is 3. The lowest BCUT2D eigenvalue weighted by Gasteiger charge is -2.20. The Morgan fingerprint density at radius 1 is 1.00 bits per heavy atom. The zero-order valence-corrected chi connectivity index (χ0v) is 16.4. The van der Waals surface area contributed by atoms with E-state index in [0.717, 1.165) is 5.56 Å². The highest BCUT2D eigenvalue weighted by Crippen LogP contribution is 2.12. The second-order valence-corrected chi connectivity index (χ2v) is 7.09. The summed E-state index contributed by atoms with van der Waals surface area (Å²) < 4.78 is 5.11. The molecule has 0 radical (unpaired) electrons. The van der Waals surface area contributed by atoms with Crippen LogP contribution in [0, 0.1) is 12.8 Å². The smallest absolute Gasteiger partial charge is 0.251 e. The van der Waals surface area contributed by atoms with Crippen molar-refractivity contribution in [3.63, 3.8) is 0 Å². The molecule has 0 aliphatic heterocycles. The summed E-state index contributed by atoms with van der Waals surface area (Å²) in [5, 5.41) is 5.78. The van der Waals surface area contributed by atoms with Crippen LogP contribution in [0.25, 0.3) is 0 Å². The van der Waals surface area contributed by atoms with Crippen LogP contribution in [0.5, 0.6) is 5.75 Å². The molecule has 5 heteroatoms. The molecule has 0 spiro atoms. The Bertz CT molecular complexity index is 752. The van der Waals surface area contributed by atoms with Crippen molar-refractivity contribution < 1.29 is 14.3 Å². The monoisotopic (exact) mass is 368 g/mol. The van der Waals surface area contributed by atoms with Gasteiger partial charge in [0.1, 0.15) is 11.8 Å². The average molecular weight is 368 g/mol. The number of ether oxygens (including phenoxy) is 1. The lowest BCUT2D eigenvalue weighted by atomic mass is 10.0. The van der Waals surface area contributed by atoms with E-state index in [9.17, 15) is 9.59 Å². The molecule has 0 unspecified atom stereocenters. The topological polar surface area (TPSA) is 67.4 Å². The Kier molecular flexibility index (Phi) is 7.41. The number of benzene rings is 2. The first-order chi connectivity index (χ1) is 12.9. The van der Waals surface area contributed by atoms with Gasteiger partial charge in [-0.3, -0.25) is 9.59 Å². The van der Waals surface area contributed by atoms with Gasteiger partial charge in [0.15, 0.2) is 0 Å². The molecule has 27 heavy (non-hydrogen) atoms. The predicted molar refractivity (Wildman–Crippen MR) is 107 cm³/mol. The summed E-state index contributed by atoms with van der Waals surface area (Å²) >= 11 is 0. The minimum atomic E-state index is -0.579. The van der Waals surface area contributed by atoms with E-state index in [2.05, 4.69) is 10.6 Å². The summed E-state index contributed by atoms with van der Waals surface area (Å²) in [7, 11) is 1.58. The van der Waals surface area contributed by atoms with Gasteiger partial charge in [-0.1, -0.05) is 43.7 Å². The van der Waals surface area contributed by atoms with Crippen molar-refractivity contribution in [2.24, 2.45) is 5.92 Å². The number of nitrogens with one attached hydrogen (secondary N) is 2. The molecule has 2 rings (SSSR count). The van der Waals surface area contributed by atoms with E-state index in [-0.39, 0.29) is 17.7 Å². The summed E-state index contributed by atoms with van der Waals surface area (Å²) in [4.78, 5) is 25.2. The van der Waals surface area contributed by atoms with Gasteiger partial charge in [0.2, 0.25) is 5.91 Å². The van der Waals surface area contributed by atoms with Gasteiger partial charge in [0.05, 0.1) is 7.11 Å². The first kappa shape index (κ1) is 20.5. The molecule has 144 valence electrons. The lowest BCUT2D eigenvalue weighted by Crippen LogP contribution is -2.47. The fourth-order valence-electron chi connectivity index (χ4n) is 2.71. The highest BCUT2D eigenvalue weighted by molar-refractivity contribution is 5.97. The van der Waals surface area contributed by atoms with Crippen LogP contribution in [-0.4, -0.2) is 25.0 Å². The molecule has 0 saturated carbocycles. The minimum absolute atomic E-state index is 0.175. The fourth-order valence-corrected chi connectivity index (χ4v) is 2.71. The standard InChI is InChI=1S/C22H28N2O3/c1-15(2)13-20(22(26)23-14-17-7-5-16(3)6-8-17)24-21(25)18-9-11-19(27-4)12-10-18/h5-12,15,20H,13-14H2,1-4H3,(H,23,26)(H,24,25)/t20-/m0/s1. The second kappa shape index (κ2) is 9.76. The predicted octanol–water partition coefficient (Wildman–Crippen LogP) is 3.46. The van der Waals surface area contributed by atoms with Crippen LogP contribution in [0.4, 0.5) is 0 Å². The highest BCUT2D eigenvalue weighted by atomic mass is 16.5. The van der Waals surface area contributed by atoms with Crippen LogP contribution in [0.2, 0.25) is 0 Å². The Morgan fingerprint density at radius 2 is 1.63 bits per heavy atom. The summed E-state index contributed by atoms with van der Waals surface area (Å²) in [5.41, 5.74) is 2.70. The molecule has 0 fully saturated rings. The molecule has 0 aromatic heterocycles. The Hall–Kier alpha value is -2.82. The third kappa shape index (κ3) is 6.44. The third-order valence-electron chi connectivity index (χ3n) is 4.27. The molecule has 0 heterocycles. The molecule has 0 bridgehead atoms. The summed E-state index contributed by atoms with van der Waals surface area (Å²) in [6.45, 7) is 6.52. The number of carbonyl (C=O) groups is 2. The normalized spacial score (nSPS) is 11.7. The molecule has 2 aromatic rings. The van der Waals surface area contributed by atoms with Crippen LogP contribution in [0.1, 0.15) is 41.8 Å². The number of amides is 2. The van der Waals surface area contributed by atoms with Crippen molar-refractivity contribution in [1.82, 2.24) is 10.6 Å². The van der Waals surface area contributed by atoms with Crippen molar-refractivity contribution in [2.45, 2.75) is 39.8 Å². The molecule has 0 aliphatic carbocycles. The van der Waals surface area contributed by atoms with Crippen LogP contribution in [0.15, 0.2) is 48.5 Å². The Balaban J connectivity index is 2.00. The van der Waals surface area contributed by atoms with E-state index in [0.29, 0.717) is 24.3 Å². The zero-order valence-electron chi connectivity index (χ0n) is 16.4. The summed E-state index contributed by atoms with van der Waals surface area (Å²) in [6.07, 6.45) is 0.571. The maximum atomic E-state index is 12.6. The van der Waals surface area contributed by atoms with E-state index in [1.165, 1.54) is 5.56 Å². The van der Waals surface area contributed by atoms with Gasteiger partial charge >= 0.3 is 0 Å². The quantitative estimate of drug-likeness (QED) is 0.750. The molecular formula is C22H28N2O3. The number of carbonyl (C=O) groups excluding carboxylic acids is 2. The van der Waals surface area contributed by atoms with Gasteiger partial charge in [0.25, 0.3) is 5.91 Å². The van der Waals surface area contributed by atoms with Gasteiger partial charge in [-0.15, -0.1) is 0 Å². The van der Waals surface area contributed by atoms with Crippen molar-refractivity contribution >= 4 is 11.8 Å². The van der Waals surface area contributed by atoms with E-state index in [1.807, 2.05) is 45.0 Å². The van der Waals surface area contributed by atoms with Gasteiger partial charge < -0.3 is 15.4 Å². The number of aryl methyl sites for hydroxylation is 1. The molecule has 2 N–H and O–H groups in total. The van der Waals surface area contributed by atoms with Crippen molar-refractivity contribution in [3.05, 3.63) is 65.2 Å². The summed E-state index contributed by atoms with van der Waals surface area (Å²) in [6, 6.07) is 14.2. The van der Waals surface area contributed by atoms with Crippen molar-refractivity contribution in [3.8, 4) is 5.75 Å². The van der Waals surface area contributed by atoms with E-state index < -0.39 is 6.04 Å². The minimum Gasteiger partial charge on any atom is -0.497 e.